The van der Waals surface area contributed by atoms with E-state index in [1.807, 2.05) is 24.3 Å². The van der Waals surface area contributed by atoms with Crippen LogP contribution in [0.25, 0.3) is 0 Å². The average molecular weight is 435 g/mol. The van der Waals surface area contributed by atoms with Crippen LogP contribution in [0.2, 0.25) is 0 Å². The molecule has 0 atom stereocenters. The zero-order valence-electron chi connectivity index (χ0n) is 15.0. The maximum Gasteiger partial charge on any atom is 0.256 e. The molecule has 0 radical (unpaired) electrons. The normalized spacial score (nSPS) is 14.2. The average Bonchev–Trinajstić information content (AvgIpc) is 2.69. The largest absolute Gasteiger partial charge is 0.497 e. The third-order valence-electron chi connectivity index (χ3n) is 4.57. The van der Waals surface area contributed by atoms with Crippen LogP contribution in [0, 0.1) is 5.82 Å². The van der Waals surface area contributed by atoms with Gasteiger partial charge in [-0.2, -0.15) is 0 Å². The molecule has 2 amide bonds. The van der Waals surface area contributed by atoms with Gasteiger partial charge in [0, 0.05) is 30.7 Å². The van der Waals surface area contributed by atoms with Crippen molar-refractivity contribution in [3.63, 3.8) is 0 Å². The predicted molar refractivity (Wildman–Crippen MR) is 103 cm³/mol. The van der Waals surface area contributed by atoms with Crippen molar-refractivity contribution < 1.29 is 18.7 Å². The Morgan fingerprint density at radius 3 is 2.48 bits per heavy atom. The second-order valence-corrected chi connectivity index (χ2v) is 7.24. The SMILES string of the molecule is COc1cccc(CC(=O)N2CCN(C(=O)c3cc(Br)ccc3F)CC2)c1. The highest BCUT2D eigenvalue weighted by Gasteiger charge is 2.26. The van der Waals surface area contributed by atoms with Gasteiger partial charge in [0.1, 0.15) is 11.6 Å². The minimum atomic E-state index is -0.542. The summed E-state index contributed by atoms with van der Waals surface area (Å²) in [6, 6.07) is 11.7. The van der Waals surface area contributed by atoms with E-state index in [1.54, 1.807) is 23.0 Å². The molecule has 1 heterocycles. The summed E-state index contributed by atoms with van der Waals surface area (Å²) in [7, 11) is 1.59. The first kappa shape index (κ1) is 19.4. The van der Waals surface area contributed by atoms with Crippen molar-refractivity contribution in [2.75, 3.05) is 33.3 Å². The highest BCUT2D eigenvalue weighted by molar-refractivity contribution is 9.10. The molecule has 2 aromatic carbocycles. The molecule has 0 saturated carbocycles. The van der Waals surface area contributed by atoms with Crippen molar-refractivity contribution in [3.05, 3.63) is 63.9 Å². The Labute approximate surface area is 165 Å². The van der Waals surface area contributed by atoms with Crippen LogP contribution < -0.4 is 4.74 Å². The molecular weight excluding hydrogens is 415 g/mol. The summed E-state index contributed by atoms with van der Waals surface area (Å²) in [5, 5.41) is 0. The Hall–Kier alpha value is -2.41. The first-order valence-electron chi connectivity index (χ1n) is 8.63. The molecule has 0 spiro atoms. The summed E-state index contributed by atoms with van der Waals surface area (Å²) in [6.07, 6.45) is 0.283. The Balaban J connectivity index is 1.58. The van der Waals surface area contributed by atoms with Gasteiger partial charge in [-0.15, -0.1) is 0 Å². The Morgan fingerprint density at radius 2 is 1.78 bits per heavy atom. The quantitative estimate of drug-likeness (QED) is 0.742. The van der Waals surface area contributed by atoms with Gasteiger partial charge in [-0.05, 0) is 35.9 Å². The van der Waals surface area contributed by atoms with E-state index < -0.39 is 5.82 Å². The molecule has 1 saturated heterocycles. The van der Waals surface area contributed by atoms with Crippen LogP contribution in [0.3, 0.4) is 0 Å². The van der Waals surface area contributed by atoms with Gasteiger partial charge < -0.3 is 14.5 Å². The first-order chi connectivity index (χ1) is 13.0. The molecule has 1 aliphatic heterocycles. The van der Waals surface area contributed by atoms with Crippen LogP contribution in [0.5, 0.6) is 5.75 Å². The summed E-state index contributed by atoms with van der Waals surface area (Å²) in [5.74, 6) is -0.177. The number of benzene rings is 2. The van der Waals surface area contributed by atoms with E-state index in [2.05, 4.69) is 15.9 Å². The summed E-state index contributed by atoms with van der Waals surface area (Å²) in [6.45, 7) is 1.64. The van der Waals surface area contributed by atoms with Gasteiger partial charge in [-0.1, -0.05) is 28.1 Å². The lowest BCUT2D eigenvalue weighted by atomic mass is 10.1. The van der Waals surface area contributed by atoms with Crippen LogP contribution in [0.4, 0.5) is 4.39 Å². The minimum Gasteiger partial charge on any atom is -0.497 e. The molecule has 0 N–H and O–H groups in total. The summed E-state index contributed by atoms with van der Waals surface area (Å²) >= 11 is 3.26. The van der Waals surface area contributed by atoms with E-state index in [1.165, 1.54) is 12.1 Å². The van der Waals surface area contributed by atoms with Crippen molar-refractivity contribution in [3.8, 4) is 5.75 Å². The van der Waals surface area contributed by atoms with Crippen molar-refractivity contribution in [2.45, 2.75) is 6.42 Å². The van der Waals surface area contributed by atoms with E-state index >= 15 is 0 Å². The third kappa shape index (κ3) is 4.66. The number of carbonyl (C=O) groups excluding carboxylic acids is 2. The number of amides is 2. The van der Waals surface area contributed by atoms with Crippen LogP contribution >= 0.6 is 15.9 Å². The molecule has 0 bridgehead atoms. The van der Waals surface area contributed by atoms with Crippen molar-refractivity contribution in [2.24, 2.45) is 0 Å². The fourth-order valence-electron chi connectivity index (χ4n) is 3.06. The third-order valence-corrected chi connectivity index (χ3v) is 5.06. The number of ether oxygens (including phenoxy) is 1. The molecule has 5 nitrogen and oxygen atoms in total. The zero-order valence-corrected chi connectivity index (χ0v) is 16.5. The summed E-state index contributed by atoms with van der Waals surface area (Å²) in [4.78, 5) is 28.4. The molecule has 0 unspecified atom stereocenters. The summed E-state index contributed by atoms with van der Waals surface area (Å²) in [5.41, 5.74) is 0.926. The number of hydrogen-bond acceptors (Lipinski definition) is 3. The Kier molecular flexibility index (Phi) is 6.11. The molecule has 2 aromatic rings. The molecule has 7 heteroatoms. The Morgan fingerprint density at radius 1 is 1.07 bits per heavy atom. The smallest absolute Gasteiger partial charge is 0.256 e. The molecule has 142 valence electrons. The van der Waals surface area contributed by atoms with Gasteiger partial charge in [-0.25, -0.2) is 4.39 Å². The van der Waals surface area contributed by atoms with E-state index in [0.717, 1.165) is 5.56 Å². The van der Waals surface area contributed by atoms with E-state index in [-0.39, 0.29) is 23.8 Å². The summed E-state index contributed by atoms with van der Waals surface area (Å²) < 4.78 is 19.8. The fraction of sp³-hybridized carbons (Fsp3) is 0.300. The van der Waals surface area contributed by atoms with Crippen LogP contribution in [-0.2, 0) is 11.2 Å². The number of hydrogen-bond donors (Lipinski definition) is 0. The van der Waals surface area contributed by atoms with Gasteiger partial charge in [0.25, 0.3) is 5.91 Å². The zero-order chi connectivity index (χ0) is 19.4. The molecule has 3 rings (SSSR count). The molecular formula is C20H20BrFN2O3. The number of carbonyl (C=O) groups is 2. The lowest BCUT2D eigenvalue weighted by Gasteiger charge is -2.35. The van der Waals surface area contributed by atoms with Gasteiger partial charge in [0.15, 0.2) is 0 Å². The molecule has 1 aliphatic rings. The number of halogens is 2. The molecule has 1 fully saturated rings. The molecule has 0 aliphatic carbocycles. The van der Waals surface area contributed by atoms with Gasteiger partial charge >= 0.3 is 0 Å². The topological polar surface area (TPSA) is 49.9 Å². The van der Waals surface area contributed by atoms with Gasteiger partial charge in [-0.3, -0.25) is 9.59 Å². The number of rotatable bonds is 4. The van der Waals surface area contributed by atoms with E-state index in [4.69, 9.17) is 4.74 Å². The van der Waals surface area contributed by atoms with E-state index in [9.17, 15) is 14.0 Å². The number of nitrogens with zero attached hydrogens (tertiary/aromatic N) is 2. The lowest BCUT2D eigenvalue weighted by Crippen LogP contribution is -2.51. The minimum absolute atomic E-state index is 0.00369. The predicted octanol–water partition coefficient (Wildman–Crippen LogP) is 3.12. The van der Waals surface area contributed by atoms with Crippen molar-refractivity contribution >= 4 is 27.7 Å². The maximum atomic E-state index is 13.9. The second-order valence-electron chi connectivity index (χ2n) is 6.33. The van der Waals surface area contributed by atoms with E-state index in [0.29, 0.717) is 36.4 Å². The highest BCUT2D eigenvalue weighted by atomic mass is 79.9. The van der Waals surface area contributed by atoms with Crippen LogP contribution in [-0.4, -0.2) is 54.9 Å². The molecule has 27 heavy (non-hydrogen) atoms. The standard InChI is InChI=1S/C20H20BrFN2O3/c1-27-16-4-2-3-14(11-16)12-19(25)23-7-9-24(10-8-23)20(26)17-13-15(21)5-6-18(17)22/h2-6,11,13H,7-10,12H2,1H3. The van der Waals surface area contributed by atoms with Crippen molar-refractivity contribution in [1.29, 1.82) is 0 Å². The second kappa shape index (κ2) is 8.52. The molecule has 0 aromatic heterocycles. The first-order valence-corrected chi connectivity index (χ1v) is 9.42. The lowest BCUT2D eigenvalue weighted by molar-refractivity contribution is -0.131. The fourth-order valence-corrected chi connectivity index (χ4v) is 3.42. The highest BCUT2D eigenvalue weighted by Crippen LogP contribution is 2.19. The van der Waals surface area contributed by atoms with Gasteiger partial charge in [0.05, 0.1) is 19.1 Å². The number of methoxy groups -OCH3 is 1. The van der Waals surface area contributed by atoms with Gasteiger partial charge in [0.2, 0.25) is 5.91 Å². The van der Waals surface area contributed by atoms with Crippen molar-refractivity contribution in [1.82, 2.24) is 9.80 Å². The number of piperazine rings is 1. The van der Waals surface area contributed by atoms with Crippen LogP contribution in [0.1, 0.15) is 15.9 Å². The monoisotopic (exact) mass is 434 g/mol. The maximum absolute atomic E-state index is 13.9. The van der Waals surface area contributed by atoms with Crippen LogP contribution in [0.15, 0.2) is 46.9 Å². The Bertz CT molecular complexity index is 851.